The van der Waals surface area contributed by atoms with Gasteiger partial charge in [0.05, 0.1) is 19.3 Å². The van der Waals surface area contributed by atoms with Crippen molar-refractivity contribution in [3.05, 3.63) is 23.9 Å². The summed E-state index contributed by atoms with van der Waals surface area (Å²) in [6, 6.07) is 4.26. The van der Waals surface area contributed by atoms with Gasteiger partial charge in [-0.3, -0.25) is 0 Å². The molecule has 4 heterocycles. The quantitative estimate of drug-likeness (QED) is 0.571. The average Bonchev–Trinajstić information content (AvgIpc) is 3.32. The molecule has 0 bridgehead atoms. The summed E-state index contributed by atoms with van der Waals surface area (Å²) < 4.78 is 11.9. The summed E-state index contributed by atoms with van der Waals surface area (Å²) in [6.07, 6.45) is 4.50. The largest absolute Gasteiger partial charge is 0.375 e. The van der Waals surface area contributed by atoms with Crippen molar-refractivity contribution in [3.8, 4) is 0 Å². The maximum atomic E-state index is 6.01. The van der Waals surface area contributed by atoms with E-state index in [2.05, 4.69) is 51.1 Å². The summed E-state index contributed by atoms with van der Waals surface area (Å²) in [4.78, 5) is 16.6. The minimum atomic E-state index is 0.134. The second kappa shape index (κ2) is 10.4. The fourth-order valence-corrected chi connectivity index (χ4v) is 4.35. The Kier molecular flexibility index (Phi) is 7.41. The van der Waals surface area contributed by atoms with Gasteiger partial charge < -0.3 is 29.5 Å². The zero-order valence-electron chi connectivity index (χ0n) is 18.4. The number of ether oxygens (including phenoxy) is 2. The zero-order chi connectivity index (χ0) is 20.8. The number of rotatable bonds is 5. The van der Waals surface area contributed by atoms with Crippen LogP contribution in [0.25, 0.3) is 0 Å². The molecule has 2 unspecified atom stereocenters. The molecule has 0 amide bonds. The normalized spacial score (nSPS) is 26.3. The van der Waals surface area contributed by atoms with Gasteiger partial charge in [-0.2, -0.15) is 0 Å². The number of nitrogens with zero attached hydrogens (tertiary/aromatic N) is 5. The van der Waals surface area contributed by atoms with Gasteiger partial charge in [0.2, 0.25) is 0 Å². The van der Waals surface area contributed by atoms with E-state index in [0.717, 1.165) is 83.6 Å². The Balaban J connectivity index is 1.40. The van der Waals surface area contributed by atoms with E-state index in [4.69, 9.17) is 14.5 Å². The van der Waals surface area contributed by atoms with Gasteiger partial charge in [0.15, 0.2) is 5.96 Å². The average molecular weight is 417 g/mol. The van der Waals surface area contributed by atoms with Crippen LogP contribution in [0.4, 0.5) is 5.82 Å². The molecule has 0 aromatic carbocycles. The molecule has 0 aliphatic carbocycles. The molecule has 0 spiro atoms. The van der Waals surface area contributed by atoms with Crippen molar-refractivity contribution in [2.75, 3.05) is 71.0 Å². The third-order valence-electron chi connectivity index (χ3n) is 6.16. The molecule has 8 nitrogen and oxygen atoms in total. The monoisotopic (exact) mass is 416 g/mol. The van der Waals surface area contributed by atoms with E-state index in [1.807, 2.05) is 6.20 Å². The van der Waals surface area contributed by atoms with E-state index in [9.17, 15) is 0 Å². The van der Waals surface area contributed by atoms with Crippen LogP contribution >= 0.6 is 0 Å². The molecule has 3 aliphatic heterocycles. The predicted octanol–water partition coefficient (Wildman–Crippen LogP) is 1.18. The van der Waals surface area contributed by atoms with Crippen molar-refractivity contribution in [1.82, 2.24) is 20.1 Å². The van der Waals surface area contributed by atoms with Gasteiger partial charge in [0.25, 0.3) is 0 Å². The fraction of sp³-hybridized carbons (Fsp3) is 0.727. The van der Waals surface area contributed by atoms with Crippen LogP contribution in [0.3, 0.4) is 0 Å². The van der Waals surface area contributed by atoms with Crippen molar-refractivity contribution in [1.29, 1.82) is 0 Å². The van der Waals surface area contributed by atoms with Crippen LogP contribution in [0.15, 0.2) is 23.3 Å². The highest BCUT2D eigenvalue weighted by molar-refractivity contribution is 5.80. The highest BCUT2D eigenvalue weighted by atomic mass is 16.5. The van der Waals surface area contributed by atoms with Gasteiger partial charge in [0, 0.05) is 58.6 Å². The van der Waals surface area contributed by atoms with Crippen molar-refractivity contribution >= 4 is 11.8 Å². The van der Waals surface area contributed by atoms with E-state index >= 15 is 0 Å². The third-order valence-corrected chi connectivity index (χ3v) is 6.16. The standard InChI is InChI=1S/C22H36N6O2/c1-3-23-22(28-12-14-30-20(17-28)19-5-4-13-29-19)25-16-18-6-7-24-21(15-18)27-10-8-26(2)9-11-27/h6-7,15,19-20H,3-5,8-14,16-17H2,1-2H3,(H,23,25). The first-order valence-electron chi connectivity index (χ1n) is 11.4. The smallest absolute Gasteiger partial charge is 0.194 e. The minimum Gasteiger partial charge on any atom is -0.375 e. The second-order valence-corrected chi connectivity index (χ2v) is 8.39. The van der Waals surface area contributed by atoms with Crippen molar-refractivity contribution in [2.24, 2.45) is 4.99 Å². The number of aromatic nitrogens is 1. The van der Waals surface area contributed by atoms with E-state index in [1.54, 1.807) is 0 Å². The number of piperazine rings is 1. The van der Waals surface area contributed by atoms with E-state index < -0.39 is 0 Å². The molecule has 3 saturated heterocycles. The fourth-order valence-electron chi connectivity index (χ4n) is 4.35. The van der Waals surface area contributed by atoms with Gasteiger partial charge in [-0.05, 0) is 44.5 Å². The zero-order valence-corrected chi connectivity index (χ0v) is 18.4. The van der Waals surface area contributed by atoms with Gasteiger partial charge in [-0.25, -0.2) is 9.98 Å². The first kappa shape index (κ1) is 21.3. The minimum absolute atomic E-state index is 0.134. The number of guanidine groups is 1. The predicted molar refractivity (Wildman–Crippen MR) is 119 cm³/mol. The van der Waals surface area contributed by atoms with E-state index in [1.165, 1.54) is 5.56 Å². The lowest BCUT2D eigenvalue weighted by Gasteiger charge is -2.37. The Labute approximate surface area is 180 Å². The number of nitrogens with one attached hydrogen (secondary N) is 1. The molecule has 2 atom stereocenters. The molecular formula is C22H36N6O2. The number of aliphatic imine (C=N–C) groups is 1. The summed E-state index contributed by atoms with van der Waals surface area (Å²) in [6.45, 7) is 11.1. The summed E-state index contributed by atoms with van der Waals surface area (Å²) in [5.41, 5.74) is 1.19. The molecule has 0 saturated carbocycles. The van der Waals surface area contributed by atoms with Gasteiger partial charge in [-0.15, -0.1) is 0 Å². The third kappa shape index (κ3) is 5.42. The van der Waals surface area contributed by atoms with Crippen molar-refractivity contribution in [2.45, 2.75) is 38.5 Å². The van der Waals surface area contributed by atoms with Crippen LogP contribution in [-0.4, -0.2) is 99.0 Å². The summed E-state index contributed by atoms with van der Waals surface area (Å²) in [5.74, 6) is 2.02. The molecule has 166 valence electrons. The molecule has 8 heteroatoms. The lowest BCUT2D eigenvalue weighted by atomic mass is 10.1. The van der Waals surface area contributed by atoms with Crippen molar-refractivity contribution in [3.63, 3.8) is 0 Å². The van der Waals surface area contributed by atoms with Gasteiger partial charge >= 0.3 is 0 Å². The van der Waals surface area contributed by atoms with Crippen LogP contribution in [0.2, 0.25) is 0 Å². The Morgan fingerprint density at radius 3 is 2.77 bits per heavy atom. The Morgan fingerprint density at radius 2 is 2.00 bits per heavy atom. The molecule has 0 radical (unpaired) electrons. The van der Waals surface area contributed by atoms with Crippen molar-refractivity contribution < 1.29 is 9.47 Å². The van der Waals surface area contributed by atoms with Crippen LogP contribution in [0, 0.1) is 0 Å². The maximum absolute atomic E-state index is 6.01. The van der Waals surface area contributed by atoms with Gasteiger partial charge in [-0.1, -0.05) is 0 Å². The van der Waals surface area contributed by atoms with Crippen LogP contribution in [0.5, 0.6) is 0 Å². The highest BCUT2D eigenvalue weighted by Gasteiger charge is 2.32. The first-order chi connectivity index (χ1) is 14.7. The molecule has 3 fully saturated rings. The highest BCUT2D eigenvalue weighted by Crippen LogP contribution is 2.21. The molecule has 4 rings (SSSR count). The topological polar surface area (TPSA) is 65.5 Å². The Bertz CT molecular complexity index is 701. The summed E-state index contributed by atoms with van der Waals surface area (Å²) in [5, 5.41) is 3.46. The van der Waals surface area contributed by atoms with Crippen LogP contribution in [-0.2, 0) is 16.0 Å². The molecule has 3 aliphatic rings. The molecular weight excluding hydrogens is 380 g/mol. The molecule has 1 N–H and O–H groups in total. The lowest BCUT2D eigenvalue weighted by molar-refractivity contribution is -0.0817. The molecule has 1 aromatic heterocycles. The number of hydrogen-bond donors (Lipinski definition) is 1. The number of hydrogen-bond acceptors (Lipinski definition) is 6. The van der Waals surface area contributed by atoms with Gasteiger partial charge in [0.1, 0.15) is 11.9 Å². The number of likely N-dealkylation sites (N-methyl/N-ethyl adjacent to an activating group) is 1. The Morgan fingerprint density at radius 1 is 1.17 bits per heavy atom. The summed E-state index contributed by atoms with van der Waals surface area (Å²) in [7, 11) is 2.17. The SMILES string of the molecule is CCNC(=NCc1ccnc(N2CCN(C)CC2)c1)N1CCOC(C2CCCO2)C1. The van der Waals surface area contributed by atoms with Crippen LogP contribution < -0.4 is 10.2 Å². The van der Waals surface area contributed by atoms with E-state index in [-0.39, 0.29) is 12.2 Å². The molecule has 30 heavy (non-hydrogen) atoms. The van der Waals surface area contributed by atoms with E-state index in [0.29, 0.717) is 6.54 Å². The summed E-state index contributed by atoms with van der Waals surface area (Å²) >= 11 is 0. The molecule has 1 aromatic rings. The second-order valence-electron chi connectivity index (χ2n) is 8.39. The number of morpholine rings is 1. The maximum Gasteiger partial charge on any atom is 0.194 e. The first-order valence-corrected chi connectivity index (χ1v) is 11.4. The Hall–Kier alpha value is -1.90. The van der Waals surface area contributed by atoms with Crippen LogP contribution in [0.1, 0.15) is 25.3 Å². The number of pyridine rings is 1. The lowest BCUT2D eigenvalue weighted by Crippen LogP contribution is -2.53. The number of anilines is 1.